The lowest BCUT2D eigenvalue weighted by Crippen LogP contribution is -2.55. The molecule has 0 radical (unpaired) electrons. The second kappa shape index (κ2) is 10.3. The fourth-order valence-corrected chi connectivity index (χ4v) is 5.77. The van der Waals surface area contributed by atoms with Crippen LogP contribution in [-0.4, -0.2) is 70.8 Å². The van der Waals surface area contributed by atoms with Crippen LogP contribution in [0.25, 0.3) is 0 Å². The highest BCUT2D eigenvalue weighted by molar-refractivity contribution is 6.31. The van der Waals surface area contributed by atoms with Crippen molar-refractivity contribution in [3.8, 4) is 5.75 Å². The Balaban J connectivity index is 1.23. The van der Waals surface area contributed by atoms with E-state index in [-0.39, 0.29) is 6.10 Å². The third-order valence-electron chi connectivity index (χ3n) is 7.79. The van der Waals surface area contributed by atoms with Gasteiger partial charge in [0.05, 0.1) is 12.7 Å². The van der Waals surface area contributed by atoms with Crippen LogP contribution in [0.15, 0.2) is 42.5 Å². The van der Waals surface area contributed by atoms with Crippen molar-refractivity contribution < 1.29 is 34.6 Å². The number of benzene rings is 2. The molecule has 2 saturated heterocycles. The van der Waals surface area contributed by atoms with E-state index >= 15 is 0 Å². The Kier molecular flexibility index (Phi) is 7.38. The molecule has 2 aromatic carbocycles. The van der Waals surface area contributed by atoms with Crippen molar-refractivity contribution in [1.29, 1.82) is 0 Å². The van der Waals surface area contributed by atoms with E-state index < -0.39 is 37.1 Å². The van der Waals surface area contributed by atoms with Gasteiger partial charge in [-0.1, -0.05) is 35.9 Å². The maximum atomic E-state index is 10.5. The minimum atomic E-state index is -1.42. The molecule has 4 N–H and O–H groups in total. The van der Waals surface area contributed by atoms with Crippen molar-refractivity contribution in [3.05, 3.63) is 64.2 Å². The number of halogens is 1. The summed E-state index contributed by atoms with van der Waals surface area (Å²) in [5.74, 6) is 0.863. The average molecular weight is 505 g/mol. The van der Waals surface area contributed by atoms with Crippen LogP contribution in [0, 0.1) is 5.41 Å². The van der Waals surface area contributed by atoms with Gasteiger partial charge in [0.25, 0.3) is 0 Å². The van der Waals surface area contributed by atoms with Gasteiger partial charge in [0, 0.05) is 18.2 Å². The highest BCUT2D eigenvalue weighted by Gasteiger charge is 2.46. The lowest BCUT2D eigenvalue weighted by Gasteiger charge is -2.49. The summed E-state index contributed by atoms with van der Waals surface area (Å²) in [6.45, 7) is 1.26. The fourth-order valence-electron chi connectivity index (χ4n) is 5.58. The van der Waals surface area contributed by atoms with Crippen LogP contribution < -0.4 is 4.74 Å². The molecular weight excluding hydrogens is 472 g/mol. The second-order valence-corrected chi connectivity index (χ2v) is 10.6. The van der Waals surface area contributed by atoms with Crippen LogP contribution in [0.2, 0.25) is 5.02 Å². The predicted molar refractivity (Wildman–Crippen MR) is 130 cm³/mol. The van der Waals surface area contributed by atoms with E-state index in [4.69, 9.17) is 25.8 Å². The van der Waals surface area contributed by atoms with E-state index in [2.05, 4.69) is 0 Å². The fraction of sp³-hybridized carbons (Fsp3) is 0.556. The molecule has 5 atom stereocenters. The highest BCUT2D eigenvalue weighted by atomic mass is 35.5. The monoisotopic (exact) mass is 504 g/mol. The van der Waals surface area contributed by atoms with Crippen LogP contribution in [0.1, 0.15) is 48.5 Å². The van der Waals surface area contributed by atoms with Gasteiger partial charge in [0.15, 0.2) is 0 Å². The van der Waals surface area contributed by atoms with Gasteiger partial charge in [-0.2, -0.15) is 0 Å². The van der Waals surface area contributed by atoms with E-state index in [1.807, 2.05) is 30.3 Å². The zero-order valence-corrected chi connectivity index (χ0v) is 20.3. The molecule has 190 valence electrons. The van der Waals surface area contributed by atoms with Crippen LogP contribution in [0.3, 0.4) is 0 Å². The Morgan fingerprint density at radius 2 is 1.66 bits per heavy atom. The first-order valence-corrected chi connectivity index (χ1v) is 12.7. The number of rotatable bonds is 6. The Labute approximate surface area is 210 Å². The summed E-state index contributed by atoms with van der Waals surface area (Å²) >= 11 is 6.46. The first-order valence-electron chi connectivity index (χ1n) is 12.3. The summed E-state index contributed by atoms with van der Waals surface area (Å²) < 4.78 is 17.4. The van der Waals surface area contributed by atoms with Crippen molar-refractivity contribution in [3.63, 3.8) is 0 Å². The first-order chi connectivity index (χ1) is 16.9. The Hall–Kier alpha value is -1.71. The molecule has 3 aliphatic rings. The number of aliphatic hydroxyl groups excluding tert-OH is 4. The molecule has 0 amide bonds. The summed E-state index contributed by atoms with van der Waals surface area (Å²) in [7, 11) is 0. The molecule has 35 heavy (non-hydrogen) atoms. The van der Waals surface area contributed by atoms with Gasteiger partial charge in [-0.05, 0) is 72.4 Å². The van der Waals surface area contributed by atoms with Crippen LogP contribution >= 0.6 is 11.6 Å². The lowest BCUT2D eigenvalue weighted by molar-refractivity contribution is -0.231. The van der Waals surface area contributed by atoms with Crippen LogP contribution in [0.4, 0.5) is 0 Å². The van der Waals surface area contributed by atoms with Crippen LogP contribution in [0.5, 0.6) is 5.75 Å². The maximum Gasteiger partial charge on any atom is 0.119 e. The van der Waals surface area contributed by atoms with Crippen molar-refractivity contribution in [2.24, 2.45) is 5.41 Å². The molecular formula is C27H33ClO7. The zero-order valence-electron chi connectivity index (χ0n) is 19.6. The molecule has 8 heteroatoms. The van der Waals surface area contributed by atoms with Crippen LogP contribution in [-0.2, 0) is 15.9 Å². The zero-order chi connectivity index (χ0) is 24.6. The summed E-state index contributed by atoms with van der Waals surface area (Å²) in [6.07, 6.45) is -0.692. The highest BCUT2D eigenvalue weighted by Crippen LogP contribution is 2.50. The Bertz CT molecular complexity index is 997. The first kappa shape index (κ1) is 25.0. The van der Waals surface area contributed by atoms with E-state index in [1.165, 1.54) is 0 Å². The SMILES string of the molecule is OC[C@H]1OC(c2ccc(Cl)c(Cc3ccc(OC4CC5(CCOCC5)C4)cc3)c2)[C@H](O)[C@@H](O)[C@@H]1O. The van der Waals surface area contributed by atoms with Gasteiger partial charge in [-0.3, -0.25) is 0 Å². The molecule has 1 unspecified atom stereocenters. The molecule has 2 aliphatic heterocycles. The second-order valence-electron chi connectivity index (χ2n) is 10.2. The third kappa shape index (κ3) is 5.23. The summed E-state index contributed by atoms with van der Waals surface area (Å²) in [4.78, 5) is 0. The molecule has 2 heterocycles. The molecule has 0 aromatic heterocycles. The lowest BCUT2D eigenvalue weighted by atomic mass is 9.62. The molecule has 1 saturated carbocycles. The van der Waals surface area contributed by atoms with Crippen molar-refractivity contribution in [1.82, 2.24) is 0 Å². The largest absolute Gasteiger partial charge is 0.490 e. The normalized spacial score (nSPS) is 30.7. The predicted octanol–water partition coefficient (Wildman–Crippen LogP) is 2.78. The van der Waals surface area contributed by atoms with E-state index in [9.17, 15) is 20.4 Å². The third-order valence-corrected chi connectivity index (χ3v) is 8.15. The van der Waals surface area contributed by atoms with Gasteiger partial charge in [-0.15, -0.1) is 0 Å². The molecule has 7 nitrogen and oxygen atoms in total. The standard InChI is InChI=1S/C27H33ClO7/c28-21-6-3-17(26-25(32)24(31)23(30)22(15-29)35-26)12-18(21)11-16-1-4-19(5-2-16)34-20-13-27(14-20)7-9-33-10-8-27/h1-6,12,20,22-26,29-32H,7-11,13-15H2/t22-,23-,24+,25-,26?/m1/s1. The minimum absolute atomic E-state index is 0.267. The van der Waals surface area contributed by atoms with E-state index in [1.54, 1.807) is 12.1 Å². The molecule has 5 rings (SSSR count). The van der Waals surface area contributed by atoms with Gasteiger partial charge in [0.1, 0.15) is 36.3 Å². The van der Waals surface area contributed by atoms with Gasteiger partial charge in [0.2, 0.25) is 0 Å². The minimum Gasteiger partial charge on any atom is -0.490 e. The van der Waals surface area contributed by atoms with E-state index in [0.29, 0.717) is 22.4 Å². The smallest absolute Gasteiger partial charge is 0.119 e. The number of hydrogen-bond donors (Lipinski definition) is 4. The molecule has 3 fully saturated rings. The number of aliphatic hydroxyl groups is 4. The summed E-state index contributed by atoms with van der Waals surface area (Å²) in [5.41, 5.74) is 2.94. The topological polar surface area (TPSA) is 109 Å². The Morgan fingerprint density at radius 3 is 2.34 bits per heavy atom. The van der Waals surface area contributed by atoms with Gasteiger partial charge in [-0.25, -0.2) is 0 Å². The van der Waals surface area contributed by atoms with Gasteiger partial charge >= 0.3 is 0 Å². The summed E-state index contributed by atoms with van der Waals surface area (Å²) in [6, 6.07) is 13.3. The van der Waals surface area contributed by atoms with Crippen molar-refractivity contribution >= 4 is 11.6 Å². The Morgan fingerprint density at radius 1 is 0.943 bits per heavy atom. The van der Waals surface area contributed by atoms with Crippen molar-refractivity contribution in [2.45, 2.75) is 68.7 Å². The molecule has 1 aliphatic carbocycles. The maximum absolute atomic E-state index is 10.5. The quantitative estimate of drug-likeness (QED) is 0.479. The molecule has 1 spiro atoms. The number of hydrogen-bond acceptors (Lipinski definition) is 7. The van der Waals surface area contributed by atoms with E-state index in [0.717, 1.165) is 55.8 Å². The average Bonchev–Trinajstić information content (AvgIpc) is 2.85. The summed E-state index contributed by atoms with van der Waals surface area (Å²) in [5, 5.41) is 40.7. The molecule has 2 aromatic rings. The molecule has 0 bridgehead atoms. The number of ether oxygens (including phenoxy) is 3. The van der Waals surface area contributed by atoms with Crippen molar-refractivity contribution in [2.75, 3.05) is 19.8 Å². The van der Waals surface area contributed by atoms with Gasteiger partial charge < -0.3 is 34.6 Å².